The zero-order chi connectivity index (χ0) is 10.7. The molecule has 0 unspecified atom stereocenters. The summed E-state index contributed by atoms with van der Waals surface area (Å²) in [6.07, 6.45) is 0. The molecule has 1 heterocycles. The van der Waals surface area contributed by atoms with Crippen molar-refractivity contribution in [3.63, 3.8) is 0 Å². The Kier molecular flexibility index (Phi) is 2.30. The normalized spacial score (nSPS) is 9.53. The SMILES string of the molecule is N#Cc1cc(-c2ccccc2)nnc1N. The first-order valence-corrected chi connectivity index (χ1v) is 4.40. The Morgan fingerprint density at radius 2 is 1.87 bits per heavy atom. The number of nitrogen functional groups attached to an aromatic ring is 1. The quantitative estimate of drug-likeness (QED) is 0.751. The van der Waals surface area contributed by atoms with Gasteiger partial charge in [-0.1, -0.05) is 30.3 Å². The highest BCUT2D eigenvalue weighted by atomic mass is 15.1. The van der Waals surface area contributed by atoms with E-state index in [0.717, 1.165) is 5.56 Å². The standard InChI is InChI=1S/C11H8N4/c12-7-9-6-10(14-15-11(9)13)8-4-2-1-3-5-8/h1-6H,(H2,13,15). The first-order valence-electron chi connectivity index (χ1n) is 4.40. The predicted octanol–water partition coefficient (Wildman–Crippen LogP) is 1.60. The third kappa shape index (κ3) is 1.76. The van der Waals surface area contributed by atoms with Gasteiger partial charge in [0.1, 0.15) is 6.07 Å². The lowest BCUT2D eigenvalue weighted by Gasteiger charge is -2.00. The molecule has 15 heavy (non-hydrogen) atoms. The molecule has 0 saturated carbocycles. The fourth-order valence-corrected chi connectivity index (χ4v) is 1.24. The Balaban J connectivity index is 2.52. The van der Waals surface area contributed by atoms with Crippen molar-refractivity contribution >= 4 is 5.82 Å². The Hall–Kier alpha value is -2.41. The molecule has 0 aliphatic heterocycles. The number of hydrogen-bond donors (Lipinski definition) is 1. The minimum atomic E-state index is 0.164. The van der Waals surface area contributed by atoms with Crippen LogP contribution in [0.5, 0.6) is 0 Å². The van der Waals surface area contributed by atoms with Crippen molar-refractivity contribution in [1.29, 1.82) is 5.26 Å². The van der Waals surface area contributed by atoms with Gasteiger partial charge in [-0.2, -0.15) is 5.26 Å². The third-order valence-electron chi connectivity index (χ3n) is 2.01. The number of nitrogens with zero attached hydrogens (tertiary/aromatic N) is 3. The smallest absolute Gasteiger partial charge is 0.164 e. The topological polar surface area (TPSA) is 75.6 Å². The highest BCUT2D eigenvalue weighted by Crippen LogP contribution is 2.18. The van der Waals surface area contributed by atoms with Crippen molar-refractivity contribution in [3.05, 3.63) is 42.0 Å². The van der Waals surface area contributed by atoms with Crippen LogP contribution in [0, 0.1) is 11.3 Å². The van der Waals surface area contributed by atoms with E-state index in [2.05, 4.69) is 10.2 Å². The summed E-state index contributed by atoms with van der Waals surface area (Å²) in [5.41, 5.74) is 7.40. The van der Waals surface area contributed by atoms with E-state index in [4.69, 9.17) is 11.0 Å². The van der Waals surface area contributed by atoms with E-state index in [9.17, 15) is 0 Å². The number of aromatic nitrogens is 2. The van der Waals surface area contributed by atoms with Gasteiger partial charge in [-0.3, -0.25) is 0 Å². The van der Waals surface area contributed by atoms with Crippen molar-refractivity contribution in [1.82, 2.24) is 10.2 Å². The Bertz CT molecular complexity index is 514. The maximum Gasteiger partial charge on any atom is 0.164 e. The molecule has 0 radical (unpaired) electrons. The van der Waals surface area contributed by atoms with Gasteiger partial charge in [-0.05, 0) is 6.07 Å². The van der Waals surface area contributed by atoms with Gasteiger partial charge in [0, 0.05) is 5.56 Å². The molecule has 2 N–H and O–H groups in total. The van der Waals surface area contributed by atoms with Crippen LogP contribution < -0.4 is 5.73 Å². The average molecular weight is 196 g/mol. The molecule has 1 aromatic carbocycles. The first kappa shape index (κ1) is 9.16. The zero-order valence-electron chi connectivity index (χ0n) is 7.88. The molecule has 0 aliphatic rings. The molecule has 0 fully saturated rings. The molecule has 2 rings (SSSR count). The lowest BCUT2D eigenvalue weighted by atomic mass is 10.1. The van der Waals surface area contributed by atoms with E-state index in [1.165, 1.54) is 0 Å². The van der Waals surface area contributed by atoms with Crippen LogP contribution in [0.3, 0.4) is 0 Å². The second-order valence-corrected chi connectivity index (χ2v) is 3.01. The van der Waals surface area contributed by atoms with Gasteiger partial charge in [0.2, 0.25) is 0 Å². The fourth-order valence-electron chi connectivity index (χ4n) is 1.24. The van der Waals surface area contributed by atoms with Gasteiger partial charge < -0.3 is 5.73 Å². The summed E-state index contributed by atoms with van der Waals surface area (Å²) in [5.74, 6) is 0.164. The molecule has 4 heteroatoms. The van der Waals surface area contributed by atoms with E-state index in [1.54, 1.807) is 6.07 Å². The van der Waals surface area contributed by atoms with Crippen molar-refractivity contribution < 1.29 is 0 Å². The predicted molar refractivity (Wildman–Crippen MR) is 56.6 cm³/mol. The van der Waals surface area contributed by atoms with Gasteiger partial charge in [0.15, 0.2) is 5.82 Å². The number of benzene rings is 1. The van der Waals surface area contributed by atoms with E-state index >= 15 is 0 Å². The van der Waals surface area contributed by atoms with E-state index < -0.39 is 0 Å². The largest absolute Gasteiger partial charge is 0.381 e. The van der Waals surface area contributed by atoms with E-state index in [0.29, 0.717) is 11.3 Å². The molecular formula is C11H8N4. The summed E-state index contributed by atoms with van der Waals surface area (Å²) in [5, 5.41) is 16.5. The lowest BCUT2D eigenvalue weighted by molar-refractivity contribution is 1.04. The second-order valence-electron chi connectivity index (χ2n) is 3.01. The van der Waals surface area contributed by atoms with Gasteiger partial charge in [-0.25, -0.2) is 0 Å². The molecule has 1 aromatic heterocycles. The summed E-state index contributed by atoms with van der Waals surface area (Å²) < 4.78 is 0. The van der Waals surface area contributed by atoms with Crippen LogP contribution in [0.4, 0.5) is 5.82 Å². The minimum Gasteiger partial charge on any atom is -0.381 e. The summed E-state index contributed by atoms with van der Waals surface area (Å²) in [7, 11) is 0. The number of nitriles is 1. The van der Waals surface area contributed by atoms with Crippen molar-refractivity contribution in [2.24, 2.45) is 0 Å². The maximum atomic E-state index is 8.79. The second kappa shape index (κ2) is 3.76. The molecule has 0 atom stereocenters. The summed E-state index contributed by atoms with van der Waals surface area (Å²) >= 11 is 0. The highest BCUT2D eigenvalue weighted by Gasteiger charge is 2.04. The fraction of sp³-hybridized carbons (Fsp3) is 0. The number of rotatable bonds is 1. The number of hydrogen-bond acceptors (Lipinski definition) is 4. The Labute approximate surface area is 87.0 Å². The third-order valence-corrected chi connectivity index (χ3v) is 2.01. The molecule has 72 valence electrons. The van der Waals surface area contributed by atoms with Crippen LogP contribution in [-0.2, 0) is 0 Å². The Morgan fingerprint density at radius 1 is 1.13 bits per heavy atom. The van der Waals surface area contributed by atoms with Gasteiger partial charge in [-0.15, -0.1) is 10.2 Å². The molecule has 0 spiro atoms. The van der Waals surface area contributed by atoms with Crippen LogP contribution >= 0.6 is 0 Å². The van der Waals surface area contributed by atoms with E-state index in [-0.39, 0.29) is 5.82 Å². The monoisotopic (exact) mass is 196 g/mol. The van der Waals surface area contributed by atoms with Gasteiger partial charge >= 0.3 is 0 Å². The Morgan fingerprint density at radius 3 is 2.53 bits per heavy atom. The highest BCUT2D eigenvalue weighted by molar-refractivity contribution is 5.63. The van der Waals surface area contributed by atoms with Crippen LogP contribution in [0.1, 0.15) is 5.56 Å². The van der Waals surface area contributed by atoms with Crippen LogP contribution in [0.25, 0.3) is 11.3 Å². The van der Waals surface area contributed by atoms with Crippen LogP contribution in [-0.4, -0.2) is 10.2 Å². The molecule has 0 bridgehead atoms. The number of anilines is 1. The van der Waals surface area contributed by atoms with Crippen molar-refractivity contribution in [2.75, 3.05) is 5.73 Å². The van der Waals surface area contributed by atoms with Crippen LogP contribution in [0.2, 0.25) is 0 Å². The summed E-state index contributed by atoms with van der Waals surface area (Å²) in [4.78, 5) is 0. The molecule has 0 saturated heterocycles. The summed E-state index contributed by atoms with van der Waals surface area (Å²) in [6.45, 7) is 0. The number of nitrogens with two attached hydrogens (primary N) is 1. The molecular weight excluding hydrogens is 188 g/mol. The molecule has 0 aliphatic carbocycles. The van der Waals surface area contributed by atoms with Gasteiger partial charge in [0.25, 0.3) is 0 Å². The van der Waals surface area contributed by atoms with Crippen LogP contribution in [0.15, 0.2) is 36.4 Å². The van der Waals surface area contributed by atoms with Crippen molar-refractivity contribution in [2.45, 2.75) is 0 Å². The van der Waals surface area contributed by atoms with Gasteiger partial charge in [0.05, 0.1) is 11.3 Å². The molecule has 0 amide bonds. The van der Waals surface area contributed by atoms with Crippen molar-refractivity contribution in [3.8, 4) is 17.3 Å². The molecule has 4 nitrogen and oxygen atoms in total. The maximum absolute atomic E-state index is 8.79. The molecule has 2 aromatic rings. The van der Waals surface area contributed by atoms with E-state index in [1.807, 2.05) is 36.4 Å². The summed E-state index contributed by atoms with van der Waals surface area (Å²) in [6, 6.07) is 13.1. The minimum absolute atomic E-state index is 0.164. The zero-order valence-corrected chi connectivity index (χ0v) is 7.88. The first-order chi connectivity index (χ1) is 7.31. The lowest BCUT2D eigenvalue weighted by Crippen LogP contribution is -1.98. The average Bonchev–Trinajstić information content (AvgIpc) is 2.31.